The zero-order chi connectivity index (χ0) is 15.0. The zero-order valence-electron chi connectivity index (χ0n) is 11.4. The number of ether oxygens (including phenoxy) is 1. The topological polar surface area (TPSA) is 63.7 Å². The van der Waals surface area contributed by atoms with Crippen LogP contribution < -0.4 is 4.74 Å². The maximum Gasteiger partial charge on any atom is 0.194 e. The van der Waals surface area contributed by atoms with E-state index in [0.29, 0.717) is 6.42 Å². The molecule has 0 aliphatic carbocycles. The molecule has 0 bridgehead atoms. The number of benzene rings is 1. The Bertz CT molecular complexity index is 799. The normalized spacial score (nSPS) is 11.2. The highest BCUT2D eigenvalue weighted by atomic mass is 32.1. The third-order valence-corrected chi connectivity index (χ3v) is 4.18. The van der Waals surface area contributed by atoms with Crippen LogP contribution in [0, 0.1) is 25.5 Å². The number of rotatable bonds is 4. The van der Waals surface area contributed by atoms with Crippen molar-refractivity contribution in [2.24, 2.45) is 0 Å². The second-order valence-electron chi connectivity index (χ2n) is 4.53. The number of halogens is 2. The fourth-order valence-electron chi connectivity index (χ4n) is 2.08. The molecular formula is C13H12F2N4OS. The van der Waals surface area contributed by atoms with Gasteiger partial charge in [-0.3, -0.25) is 0 Å². The highest BCUT2D eigenvalue weighted by Gasteiger charge is 2.17. The van der Waals surface area contributed by atoms with Gasteiger partial charge in [-0.1, -0.05) is 0 Å². The van der Waals surface area contributed by atoms with E-state index in [4.69, 9.17) is 4.74 Å². The molecule has 21 heavy (non-hydrogen) atoms. The summed E-state index contributed by atoms with van der Waals surface area (Å²) in [5.41, 5.74) is 0.656. The second-order valence-corrected chi connectivity index (χ2v) is 5.82. The summed E-state index contributed by atoms with van der Waals surface area (Å²) in [7, 11) is 0. The van der Waals surface area contributed by atoms with Gasteiger partial charge in [-0.15, -0.1) is 11.3 Å². The molecule has 5 nitrogen and oxygen atoms in total. The van der Waals surface area contributed by atoms with Gasteiger partial charge in [0.2, 0.25) is 0 Å². The third-order valence-electron chi connectivity index (χ3n) is 3.04. The SMILES string of the molecule is Cc1nc(C)c(CCOc2cc(F)c3n[nH]nc3c2F)s1. The molecule has 1 N–H and O–H groups in total. The minimum atomic E-state index is -0.711. The lowest BCUT2D eigenvalue weighted by molar-refractivity contribution is 0.305. The van der Waals surface area contributed by atoms with Crippen molar-refractivity contribution in [3.8, 4) is 5.75 Å². The van der Waals surface area contributed by atoms with E-state index in [1.54, 1.807) is 11.3 Å². The monoisotopic (exact) mass is 310 g/mol. The summed E-state index contributed by atoms with van der Waals surface area (Å²) < 4.78 is 33.1. The van der Waals surface area contributed by atoms with Gasteiger partial charge in [-0.05, 0) is 13.8 Å². The number of aromatic nitrogens is 4. The number of fused-ring (bicyclic) bond motifs is 1. The molecule has 1 aromatic carbocycles. The number of hydrogen-bond acceptors (Lipinski definition) is 5. The molecule has 8 heteroatoms. The number of H-pyrrole nitrogens is 1. The molecule has 3 rings (SSSR count). The average molecular weight is 310 g/mol. The molecule has 0 radical (unpaired) electrons. The Hall–Kier alpha value is -2.09. The van der Waals surface area contributed by atoms with Crippen LogP contribution in [0.1, 0.15) is 15.6 Å². The summed E-state index contributed by atoms with van der Waals surface area (Å²) in [6, 6.07) is 0.991. The van der Waals surface area contributed by atoms with Crippen LogP contribution in [0.3, 0.4) is 0 Å². The van der Waals surface area contributed by atoms with E-state index in [-0.39, 0.29) is 23.4 Å². The Morgan fingerprint density at radius 3 is 2.71 bits per heavy atom. The van der Waals surface area contributed by atoms with E-state index in [0.717, 1.165) is 21.6 Å². The summed E-state index contributed by atoms with van der Waals surface area (Å²) >= 11 is 1.57. The fraction of sp³-hybridized carbons (Fsp3) is 0.308. The predicted molar refractivity (Wildman–Crippen MR) is 74.6 cm³/mol. The summed E-state index contributed by atoms with van der Waals surface area (Å²) in [6.45, 7) is 4.08. The van der Waals surface area contributed by atoms with Crippen molar-refractivity contribution in [3.63, 3.8) is 0 Å². The number of aryl methyl sites for hydroxylation is 2. The van der Waals surface area contributed by atoms with Crippen molar-refractivity contribution >= 4 is 22.4 Å². The van der Waals surface area contributed by atoms with Gasteiger partial charge in [0.05, 0.1) is 17.3 Å². The predicted octanol–water partition coefficient (Wildman–Crippen LogP) is 2.93. The summed E-state index contributed by atoms with van der Waals surface area (Å²) in [4.78, 5) is 5.39. The number of aromatic amines is 1. The molecule has 110 valence electrons. The van der Waals surface area contributed by atoms with Gasteiger partial charge >= 0.3 is 0 Å². The molecule has 0 saturated heterocycles. The first-order valence-electron chi connectivity index (χ1n) is 6.30. The molecular weight excluding hydrogens is 298 g/mol. The van der Waals surface area contributed by atoms with E-state index in [2.05, 4.69) is 20.4 Å². The highest BCUT2D eigenvalue weighted by molar-refractivity contribution is 7.11. The molecule has 2 aromatic heterocycles. The van der Waals surface area contributed by atoms with Crippen molar-refractivity contribution in [1.29, 1.82) is 0 Å². The molecule has 2 heterocycles. The maximum atomic E-state index is 14.1. The molecule has 0 spiro atoms. The number of thiazole rings is 1. The Kier molecular flexibility index (Phi) is 3.54. The van der Waals surface area contributed by atoms with Crippen molar-refractivity contribution in [2.45, 2.75) is 20.3 Å². The molecule has 0 fully saturated rings. The lowest BCUT2D eigenvalue weighted by Crippen LogP contribution is -2.03. The quantitative estimate of drug-likeness (QED) is 0.805. The molecule has 0 aliphatic rings. The van der Waals surface area contributed by atoms with Crippen LogP contribution in [0.25, 0.3) is 11.0 Å². The first-order valence-corrected chi connectivity index (χ1v) is 7.12. The van der Waals surface area contributed by atoms with Crippen molar-refractivity contribution in [1.82, 2.24) is 20.4 Å². The maximum absolute atomic E-state index is 14.1. The Labute approximate surface area is 123 Å². The summed E-state index contributed by atoms with van der Waals surface area (Å²) in [5.74, 6) is -1.54. The first-order chi connectivity index (χ1) is 10.1. The van der Waals surface area contributed by atoms with E-state index in [9.17, 15) is 8.78 Å². The first kappa shape index (κ1) is 13.9. The molecule has 0 saturated carbocycles. The molecule has 0 aliphatic heterocycles. The van der Waals surface area contributed by atoms with Crippen LogP contribution in [0.15, 0.2) is 6.07 Å². The number of hydrogen-bond donors (Lipinski definition) is 1. The van der Waals surface area contributed by atoms with Gasteiger partial charge in [0, 0.05) is 17.4 Å². The summed E-state index contributed by atoms with van der Waals surface area (Å²) in [6.07, 6.45) is 0.593. The molecule has 0 unspecified atom stereocenters. The van der Waals surface area contributed by atoms with Gasteiger partial charge in [0.15, 0.2) is 28.4 Å². The van der Waals surface area contributed by atoms with Gasteiger partial charge in [-0.25, -0.2) is 13.8 Å². The standard InChI is InChI=1S/C13H12F2N4OS/c1-6-10(21-7(2)16-6)3-4-20-9-5-8(14)12-13(11(9)15)18-19-17-12/h5H,3-4H2,1-2H3,(H,17,18,19). The van der Waals surface area contributed by atoms with Crippen LogP contribution in [-0.4, -0.2) is 27.0 Å². The van der Waals surface area contributed by atoms with Gasteiger partial charge < -0.3 is 4.74 Å². The van der Waals surface area contributed by atoms with Gasteiger partial charge in [-0.2, -0.15) is 15.4 Å². The smallest absolute Gasteiger partial charge is 0.194 e. The largest absolute Gasteiger partial charge is 0.490 e. The Balaban J connectivity index is 1.76. The molecule has 3 aromatic rings. The molecule has 0 atom stereocenters. The van der Waals surface area contributed by atoms with Crippen LogP contribution in [-0.2, 0) is 6.42 Å². The van der Waals surface area contributed by atoms with Gasteiger partial charge in [0.1, 0.15) is 0 Å². The minimum Gasteiger partial charge on any atom is -0.490 e. The van der Waals surface area contributed by atoms with Crippen molar-refractivity contribution in [2.75, 3.05) is 6.61 Å². The van der Waals surface area contributed by atoms with E-state index < -0.39 is 11.6 Å². The number of nitrogens with zero attached hydrogens (tertiary/aromatic N) is 3. The lowest BCUT2D eigenvalue weighted by atomic mass is 10.2. The van der Waals surface area contributed by atoms with Crippen LogP contribution in [0.2, 0.25) is 0 Å². The van der Waals surface area contributed by atoms with Crippen molar-refractivity contribution < 1.29 is 13.5 Å². The second kappa shape index (κ2) is 5.36. The van der Waals surface area contributed by atoms with Crippen LogP contribution in [0.5, 0.6) is 5.75 Å². The van der Waals surface area contributed by atoms with Crippen LogP contribution in [0.4, 0.5) is 8.78 Å². The van der Waals surface area contributed by atoms with Crippen LogP contribution >= 0.6 is 11.3 Å². The zero-order valence-corrected chi connectivity index (χ0v) is 12.2. The Morgan fingerprint density at radius 1 is 1.24 bits per heavy atom. The molecule has 0 amide bonds. The summed E-state index contributed by atoms with van der Waals surface area (Å²) in [5, 5.41) is 10.3. The third kappa shape index (κ3) is 2.58. The minimum absolute atomic E-state index is 0.131. The average Bonchev–Trinajstić information content (AvgIpc) is 3.03. The number of nitrogens with one attached hydrogen (secondary N) is 1. The van der Waals surface area contributed by atoms with Gasteiger partial charge in [0.25, 0.3) is 0 Å². The highest BCUT2D eigenvalue weighted by Crippen LogP contribution is 2.26. The lowest BCUT2D eigenvalue weighted by Gasteiger charge is -2.07. The Morgan fingerprint density at radius 2 is 2.00 bits per heavy atom. The van der Waals surface area contributed by atoms with E-state index in [1.807, 2.05) is 13.8 Å². The fourth-order valence-corrected chi connectivity index (χ4v) is 3.00. The van der Waals surface area contributed by atoms with E-state index >= 15 is 0 Å². The van der Waals surface area contributed by atoms with E-state index in [1.165, 1.54) is 0 Å². The van der Waals surface area contributed by atoms with Crippen molar-refractivity contribution in [3.05, 3.63) is 33.3 Å².